The Bertz CT molecular complexity index is 817. The second kappa shape index (κ2) is 4.95. The fourth-order valence-corrected chi connectivity index (χ4v) is 3.16. The van der Waals surface area contributed by atoms with Crippen LogP contribution in [-0.2, 0) is 0 Å². The smallest absolute Gasteiger partial charge is 0.317 e. The van der Waals surface area contributed by atoms with Crippen molar-refractivity contribution in [2.24, 2.45) is 11.5 Å². The SMILES string of the molecule is NC(=O)Nc1sc(-c2cc3ccccc3[nH]2)cc1C(N)=O. The zero-order chi connectivity index (χ0) is 15.0. The van der Waals surface area contributed by atoms with Gasteiger partial charge in [0.15, 0.2) is 0 Å². The van der Waals surface area contributed by atoms with Gasteiger partial charge in [-0.05, 0) is 18.2 Å². The number of para-hydroxylation sites is 1. The number of aromatic amines is 1. The summed E-state index contributed by atoms with van der Waals surface area (Å²) in [5.74, 6) is -0.614. The van der Waals surface area contributed by atoms with Crippen molar-refractivity contribution in [3.8, 4) is 10.6 Å². The molecule has 106 valence electrons. The van der Waals surface area contributed by atoms with Crippen molar-refractivity contribution in [1.29, 1.82) is 0 Å². The Morgan fingerprint density at radius 1 is 1.14 bits per heavy atom. The molecule has 6 N–H and O–H groups in total. The highest BCUT2D eigenvalue weighted by atomic mass is 32.1. The summed E-state index contributed by atoms with van der Waals surface area (Å²) in [6.07, 6.45) is 0. The molecule has 0 aliphatic heterocycles. The normalized spacial score (nSPS) is 10.7. The Morgan fingerprint density at radius 3 is 2.57 bits per heavy atom. The van der Waals surface area contributed by atoms with E-state index in [1.807, 2.05) is 30.3 Å². The van der Waals surface area contributed by atoms with E-state index in [9.17, 15) is 9.59 Å². The average molecular weight is 300 g/mol. The molecule has 0 radical (unpaired) electrons. The third-order valence-electron chi connectivity index (χ3n) is 3.03. The number of carbonyl (C=O) groups is 2. The first-order chi connectivity index (χ1) is 10.0. The molecule has 0 saturated carbocycles. The van der Waals surface area contributed by atoms with Gasteiger partial charge in [-0.25, -0.2) is 4.79 Å². The molecule has 6 nitrogen and oxygen atoms in total. The van der Waals surface area contributed by atoms with E-state index < -0.39 is 11.9 Å². The molecule has 7 heteroatoms. The summed E-state index contributed by atoms with van der Waals surface area (Å²) in [6.45, 7) is 0. The van der Waals surface area contributed by atoms with Crippen molar-refractivity contribution in [3.05, 3.63) is 42.0 Å². The minimum Gasteiger partial charge on any atom is -0.366 e. The van der Waals surface area contributed by atoms with E-state index in [-0.39, 0.29) is 5.56 Å². The van der Waals surface area contributed by atoms with Gasteiger partial charge >= 0.3 is 6.03 Å². The number of hydrogen-bond donors (Lipinski definition) is 4. The minimum atomic E-state index is -0.734. The van der Waals surface area contributed by atoms with Crippen LogP contribution in [0.25, 0.3) is 21.5 Å². The molecule has 1 aromatic carbocycles. The Balaban J connectivity index is 2.09. The molecule has 0 spiro atoms. The van der Waals surface area contributed by atoms with Gasteiger partial charge in [0.2, 0.25) is 0 Å². The molecule has 0 atom stereocenters. The number of fused-ring (bicyclic) bond motifs is 1. The first-order valence-corrected chi connectivity index (χ1v) is 6.94. The maximum Gasteiger partial charge on any atom is 0.317 e. The number of amides is 3. The maximum atomic E-state index is 11.4. The van der Waals surface area contributed by atoms with Gasteiger partial charge in [-0.1, -0.05) is 18.2 Å². The standard InChI is InChI=1S/C14H12N4O2S/c15-12(19)8-6-11(21-13(8)18-14(16)20)10-5-7-3-1-2-4-9(7)17-10/h1-6,17H,(H2,15,19)(H3,16,18,20). The number of primary amides is 2. The summed E-state index contributed by atoms with van der Waals surface area (Å²) < 4.78 is 0. The number of H-pyrrole nitrogens is 1. The number of rotatable bonds is 3. The molecule has 0 unspecified atom stereocenters. The quantitative estimate of drug-likeness (QED) is 0.595. The first kappa shape index (κ1) is 13.2. The first-order valence-electron chi connectivity index (χ1n) is 6.13. The highest BCUT2D eigenvalue weighted by Gasteiger charge is 2.16. The molecule has 3 rings (SSSR count). The Kier molecular flexibility index (Phi) is 3.11. The zero-order valence-electron chi connectivity index (χ0n) is 10.8. The van der Waals surface area contributed by atoms with Gasteiger partial charge in [0.1, 0.15) is 5.00 Å². The summed E-state index contributed by atoms with van der Waals surface area (Å²) in [5, 5.41) is 3.83. The molecule has 0 bridgehead atoms. The van der Waals surface area contributed by atoms with Crippen molar-refractivity contribution >= 4 is 39.2 Å². The summed E-state index contributed by atoms with van der Waals surface area (Å²) in [6, 6.07) is 10.7. The van der Waals surface area contributed by atoms with Crippen LogP contribution in [-0.4, -0.2) is 16.9 Å². The number of carbonyl (C=O) groups excluding carboxylic acids is 2. The molecular weight excluding hydrogens is 288 g/mol. The minimum absolute atomic E-state index is 0.243. The van der Waals surface area contributed by atoms with Gasteiger partial charge in [0.25, 0.3) is 5.91 Å². The van der Waals surface area contributed by atoms with E-state index in [2.05, 4.69) is 10.3 Å². The molecule has 3 amide bonds. The number of benzene rings is 1. The third kappa shape index (κ3) is 2.46. The molecule has 0 fully saturated rings. The second-order valence-corrected chi connectivity index (χ2v) is 5.53. The molecule has 0 aliphatic rings. The Morgan fingerprint density at radius 2 is 1.90 bits per heavy atom. The monoisotopic (exact) mass is 300 g/mol. The number of thiophene rings is 1. The molecule has 0 aliphatic carbocycles. The van der Waals surface area contributed by atoms with Crippen molar-refractivity contribution in [2.75, 3.05) is 5.32 Å². The fraction of sp³-hybridized carbons (Fsp3) is 0. The van der Waals surface area contributed by atoms with Gasteiger partial charge in [0.05, 0.1) is 16.1 Å². The number of anilines is 1. The lowest BCUT2D eigenvalue weighted by molar-refractivity contribution is 0.100. The molecule has 21 heavy (non-hydrogen) atoms. The number of nitrogens with one attached hydrogen (secondary N) is 2. The zero-order valence-corrected chi connectivity index (χ0v) is 11.7. The van der Waals surface area contributed by atoms with Crippen LogP contribution in [0.15, 0.2) is 36.4 Å². The van der Waals surface area contributed by atoms with Crippen LogP contribution in [0.5, 0.6) is 0 Å². The number of urea groups is 1. The van der Waals surface area contributed by atoms with E-state index in [0.29, 0.717) is 5.00 Å². The van der Waals surface area contributed by atoms with Crippen LogP contribution >= 0.6 is 11.3 Å². The Hall–Kier alpha value is -2.80. The van der Waals surface area contributed by atoms with E-state index in [0.717, 1.165) is 21.5 Å². The van der Waals surface area contributed by atoms with Gasteiger partial charge < -0.3 is 16.5 Å². The topological polar surface area (TPSA) is 114 Å². The Labute approximate surface area is 123 Å². The van der Waals surface area contributed by atoms with E-state index in [1.165, 1.54) is 11.3 Å². The van der Waals surface area contributed by atoms with Crippen LogP contribution in [0.2, 0.25) is 0 Å². The lowest BCUT2D eigenvalue weighted by Gasteiger charge is -1.98. The lowest BCUT2D eigenvalue weighted by Crippen LogP contribution is -2.21. The second-order valence-electron chi connectivity index (χ2n) is 4.48. The molecule has 2 aromatic heterocycles. The van der Waals surface area contributed by atoms with Gasteiger partial charge in [-0.2, -0.15) is 0 Å². The highest BCUT2D eigenvalue weighted by Crippen LogP contribution is 2.36. The van der Waals surface area contributed by atoms with Crippen LogP contribution in [0.1, 0.15) is 10.4 Å². The van der Waals surface area contributed by atoms with Crippen LogP contribution in [0.4, 0.5) is 9.80 Å². The number of hydrogen-bond acceptors (Lipinski definition) is 3. The van der Waals surface area contributed by atoms with E-state index >= 15 is 0 Å². The van der Waals surface area contributed by atoms with Crippen LogP contribution < -0.4 is 16.8 Å². The third-order valence-corrected chi connectivity index (χ3v) is 4.11. The highest BCUT2D eigenvalue weighted by molar-refractivity contribution is 7.20. The molecule has 3 aromatic rings. The number of aromatic nitrogens is 1. The largest absolute Gasteiger partial charge is 0.366 e. The van der Waals surface area contributed by atoms with Gasteiger partial charge in [-0.15, -0.1) is 11.3 Å². The predicted octanol–water partition coefficient (Wildman–Crippen LogP) is 2.49. The van der Waals surface area contributed by atoms with E-state index in [4.69, 9.17) is 11.5 Å². The van der Waals surface area contributed by atoms with Crippen LogP contribution in [0, 0.1) is 0 Å². The molecule has 2 heterocycles. The summed E-state index contributed by atoms with van der Waals surface area (Å²) in [5.41, 5.74) is 12.5. The maximum absolute atomic E-state index is 11.4. The van der Waals surface area contributed by atoms with Gasteiger partial charge in [-0.3, -0.25) is 10.1 Å². The van der Waals surface area contributed by atoms with E-state index in [1.54, 1.807) is 6.07 Å². The van der Waals surface area contributed by atoms with Gasteiger partial charge in [0, 0.05) is 10.9 Å². The predicted molar refractivity (Wildman–Crippen MR) is 83.3 cm³/mol. The van der Waals surface area contributed by atoms with Crippen molar-refractivity contribution in [3.63, 3.8) is 0 Å². The van der Waals surface area contributed by atoms with Crippen molar-refractivity contribution in [2.45, 2.75) is 0 Å². The average Bonchev–Trinajstić information content (AvgIpc) is 3.00. The molecule has 0 saturated heterocycles. The molecular formula is C14H12N4O2S. The number of nitrogens with two attached hydrogens (primary N) is 2. The fourth-order valence-electron chi connectivity index (χ4n) is 2.12. The van der Waals surface area contributed by atoms with Crippen molar-refractivity contribution < 1.29 is 9.59 Å². The summed E-state index contributed by atoms with van der Waals surface area (Å²) in [4.78, 5) is 26.5. The van der Waals surface area contributed by atoms with Crippen molar-refractivity contribution in [1.82, 2.24) is 4.98 Å². The summed E-state index contributed by atoms with van der Waals surface area (Å²) in [7, 11) is 0. The lowest BCUT2D eigenvalue weighted by atomic mass is 10.2. The summed E-state index contributed by atoms with van der Waals surface area (Å²) >= 11 is 1.24. The van der Waals surface area contributed by atoms with Crippen LogP contribution in [0.3, 0.4) is 0 Å².